The van der Waals surface area contributed by atoms with Gasteiger partial charge in [0.05, 0.1) is 4.90 Å². The lowest BCUT2D eigenvalue weighted by Gasteiger charge is -2.27. The minimum Gasteiger partial charge on any atom is -0.481 e. The molecular formula is C18H26N2O5S. The molecule has 144 valence electrons. The normalized spacial score (nSPS) is 16.2. The molecule has 1 saturated heterocycles. The van der Waals surface area contributed by atoms with Gasteiger partial charge in [-0.3, -0.25) is 9.59 Å². The van der Waals surface area contributed by atoms with Crippen molar-refractivity contribution < 1.29 is 23.1 Å². The summed E-state index contributed by atoms with van der Waals surface area (Å²) in [6, 6.07) is 5.98. The van der Waals surface area contributed by atoms with Crippen LogP contribution in [0.4, 0.5) is 0 Å². The number of carbonyl (C=O) groups is 2. The van der Waals surface area contributed by atoms with Gasteiger partial charge in [-0.15, -0.1) is 0 Å². The first kappa shape index (κ1) is 20.4. The average Bonchev–Trinajstić information content (AvgIpc) is 2.60. The van der Waals surface area contributed by atoms with Crippen LogP contribution in [0.5, 0.6) is 0 Å². The number of carboxylic acids is 1. The lowest BCUT2D eigenvalue weighted by molar-refractivity contribution is -0.137. The third-order valence-corrected chi connectivity index (χ3v) is 6.36. The monoisotopic (exact) mass is 382 g/mol. The average molecular weight is 382 g/mol. The lowest BCUT2D eigenvalue weighted by Crippen LogP contribution is -2.43. The van der Waals surface area contributed by atoms with E-state index in [-0.39, 0.29) is 23.3 Å². The zero-order valence-electron chi connectivity index (χ0n) is 15.2. The van der Waals surface area contributed by atoms with Gasteiger partial charge < -0.3 is 10.4 Å². The van der Waals surface area contributed by atoms with E-state index in [4.69, 9.17) is 5.11 Å². The maximum Gasteiger partial charge on any atom is 0.303 e. The molecule has 7 nitrogen and oxygen atoms in total. The summed E-state index contributed by atoms with van der Waals surface area (Å²) in [6.07, 6.45) is 2.94. The molecule has 0 aromatic heterocycles. The van der Waals surface area contributed by atoms with Crippen molar-refractivity contribution in [2.75, 3.05) is 13.1 Å². The molecule has 0 spiro atoms. The second-order valence-corrected chi connectivity index (χ2v) is 9.16. The molecule has 0 aliphatic carbocycles. The van der Waals surface area contributed by atoms with Gasteiger partial charge in [-0.05, 0) is 51.3 Å². The molecule has 8 heteroatoms. The number of nitrogens with one attached hydrogen (secondary N) is 1. The summed E-state index contributed by atoms with van der Waals surface area (Å²) in [5.41, 5.74) is -0.469. The van der Waals surface area contributed by atoms with Gasteiger partial charge in [0, 0.05) is 30.6 Å². The molecule has 1 aromatic rings. The van der Waals surface area contributed by atoms with E-state index in [1.54, 1.807) is 26.0 Å². The van der Waals surface area contributed by atoms with Crippen LogP contribution < -0.4 is 5.32 Å². The predicted molar refractivity (Wildman–Crippen MR) is 97.5 cm³/mol. The van der Waals surface area contributed by atoms with Crippen molar-refractivity contribution in [2.45, 2.75) is 56.4 Å². The molecule has 1 fully saturated rings. The van der Waals surface area contributed by atoms with Crippen molar-refractivity contribution in [1.29, 1.82) is 0 Å². The molecule has 1 amide bonds. The Morgan fingerprint density at radius 1 is 1.19 bits per heavy atom. The molecule has 1 aliphatic heterocycles. The molecule has 0 atom stereocenters. The van der Waals surface area contributed by atoms with E-state index in [0.29, 0.717) is 13.1 Å². The van der Waals surface area contributed by atoms with Crippen molar-refractivity contribution in [3.8, 4) is 0 Å². The first-order chi connectivity index (χ1) is 12.1. The highest BCUT2D eigenvalue weighted by atomic mass is 32.2. The summed E-state index contributed by atoms with van der Waals surface area (Å²) in [5.74, 6) is -1.35. The Balaban J connectivity index is 2.15. The van der Waals surface area contributed by atoms with Crippen molar-refractivity contribution in [3.05, 3.63) is 29.8 Å². The van der Waals surface area contributed by atoms with E-state index in [0.717, 1.165) is 19.3 Å². The van der Waals surface area contributed by atoms with Crippen LogP contribution in [0.1, 0.15) is 56.3 Å². The van der Waals surface area contributed by atoms with Gasteiger partial charge in [-0.2, -0.15) is 4.31 Å². The highest BCUT2D eigenvalue weighted by Crippen LogP contribution is 2.22. The van der Waals surface area contributed by atoms with Gasteiger partial charge in [0.1, 0.15) is 0 Å². The first-order valence-corrected chi connectivity index (χ1v) is 10.2. The molecular weight excluding hydrogens is 356 g/mol. The van der Waals surface area contributed by atoms with Crippen LogP contribution in [0.3, 0.4) is 0 Å². The van der Waals surface area contributed by atoms with Gasteiger partial charge in [-0.25, -0.2) is 8.42 Å². The van der Waals surface area contributed by atoms with Gasteiger partial charge in [-0.1, -0.05) is 12.5 Å². The Morgan fingerprint density at radius 2 is 1.85 bits per heavy atom. The summed E-state index contributed by atoms with van der Waals surface area (Å²) in [6.45, 7) is 4.48. The molecule has 2 N–H and O–H groups in total. The van der Waals surface area contributed by atoms with Crippen molar-refractivity contribution in [1.82, 2.24) is 9.62 Å². The van der Waals surface area contributed by atoms with E-state index < -0.39 is 27.4 Å². The summed E-state index contributed by atoms with van der Waals surface area (Å²) < 4.78 is 27.0. The summed E-state index contributed by atoms with van der Waals surface area (Å²) in [4.78, 5) is 23.3. The quantitative estimate of drug-likeness (QED) is 0.753. The summed E-state index contributed by atoms with van der Waals surface area (Å²) in [7, 11) is -3.61. The van der Waals surface area contributed by atoms with Crippen molar-refractivity contribution in [2.24, 2.45) is 0 Å². The van der Waals surface area contributed by atoms with E-state index >= 15 is 0 Å². The van der Waals surface area contributed by atoms with E-state index in [2.05, 4.69) is 5.32 Å². The number of hydrogen-bond acceptors (Lipinski definition) is 4. The van der Waals surface area contributed by atoms with Crippen LogP contribution in [0.25, 0.3) is 0 Å². The van der Waals surface area contributed by atoms with Gasteiger partial charge in [0.15, 0.2) is 0 Å². The summed E-state index contributed by atoms with van der Waals surface area (Å²) >= 11 is 0. The third-order valence-electron chi connectivity index (χ3n) is 4.46. The molecule has 0 radical (unpaired) electrons. The van der Waals surface area contributed by atoms with E-state index in [1.165, 1.54) is 16.4 Å². The highest BCUT2D eigenvalue weighted by Gasteiger charge is 2.27. The topological polar surface area (TPSA) is 104 Å². The van der Waals surface area contributed by atoms with Crippen LogP contribution in [0.15, 0.2) is 29.2 Å². The van der Waals surface area contributed by atoms with Gasteiger partial charge in [0.25, 0.3) is 5.91 Å². The second kappa shape index (κ2) is 8.18. The number of benzene rings is 1. The second-order valence-electron chi connectivity index (χ2n) is 7.22. The third kappa shape index (κ3) is 5.28. The van der Waals surface area contributed by atoms with Crippen molar-refractivity contribution in [3.63, 3.8) is 0 Å². The Morgan fingerprint density at radius 3 is 2.46 bits per heavy atom. The number of aliphatic carboxylic acids is 1. The first-order valence-electron chi connectivity index (χ1n) is 8.76. The molecule has 26 heavy (non-hydrogen) atoms. The number of rotatable bonds is 7. The SMILES string of the molecule is CC(C)(CCC(=O)O)NC(=O)c1cccc(S(=O)(=O)N2CCCCC2)c1. The van der Waals surface area contributed by atoms with Gasteiger partial charge >= 0.3 is 5.97 Å². The number of carbonyl (C=O) groups excluding carboxylic acids is 1. The minimum atomic E-state index is -3.61. The fraction of sp³-hybridized carbons (Fsp3) is 0.556. The summed E-state index contributed by atoms with van der Waals surface area (Å²) in [5, 5.41) is 11.6. The Bertz CT molecular complexity index is 768. The zero-order valence-corrected chi connectivity index (χ0v) is 16.0. The van der Waals surface area contributed by atoms with Crippen LogP contribution >= 0.6 is 0 Å². The highest BCUT2D eigenvalue weighted by molar-refractivity contribution is 7.89. The molecule has 0 unspecified atom stereocenters. The molecule has 0 saturated carbocycles. The fourth-order valence-electron chi connectivity index (χ4n) is 2.91. The van der Waals surface area contributed by atoms with Crippen LogP contribution in [0, 0.1) is 0 Å². The number of carboxylic acid groups (broad SMARTS) is 1. The van der Waals surface area contributed by atoms with Crippen LogP contribution in [-0.4, -0.2) is 48.3 Å². The molecule has 0 bridgehead atoms. The standard InChI is InChI=1S/C18H26N2O5S/c1-18(2,10-9-16(21)22)19-17(23)14-7-6-8-15(13-14)26(24,25)20-11-4-3-5-12-20/h6-8,13H,3-5,9-12H2,1-2H3,(H,19,23)(H,21,22). The largest absolute Gasteiger partial charge is 0.481 e. The van der Waals surface area contributed by atoms with Crippen LogP contribution in [0.2, 0.25) is 0 Å². The Kier molecular flexibility index (Phi) is 6.41. The van der Waals surface area contributed by atoms with E-state index in [1.807, 2.05) is 0 Å². The maximum atomic E-state index is 12.8. The maximum absolute atomic E-state index is 12.8. The number of amides is 1. The Labute approximate surface area is 154 Å². The van der Waals surface area contributed by atoms with E-state index in [9.17, 15) is 18.0 Å². The van der Waals surface area contributed by atoms with Gasteiger partial charge in [0.2, 0.25) is 10.0 Å². The molecule has 1 aliphatic rings. The number of hydrogen-bond donors (Lipinski definition) is 2. The minimum absolute atomic E-state index is 0.0589. The number of sulfonamides is 1. The number of piperidine rings is 1. The fourth-order valence-corrected chi connectivity index (χ4v) is 4.48. The molecule has 1 heterocycles. The Hall–Kier alpha value is -1.93. The predicted octanol–water partition coefficient (Wildman–Crippen LogP) is 2.23. The van der Waals surface area contributed by atoms with Crippen molar-refractivity contribution >= 4 is 21.9 Å². The lowest BCUT2D eigenvalue weighted by atomic mass is 9.98. The number of nitrogens with zero attached hydrogens (tertiary/aromatic N) is 1. The molecule has 2 rings (SSSR count). The smallest absolute Gasteiger partial charge is 0.303 e. The molecule has 1 aromatic carbocycles. The van der Waals surface area contributed by atoms with Crippen LogP contribution in [-0.2, 0) is 14.8 Å². The zero-order chi connectivity index (χ0) is 19.4.